The molecule has 0 spiro atoms. The third kappa shape index (κ3) is 4.71. The standard InChI is InChI=1S/C20H26N4O2/c1-14(2)26-17-6-4-16(5-7-17)21-20(25)18-8-9-19(23-22-18)24-12-10-15(3)11-13-24/h4-9,14-15H,10-13H2,1-3H3,(H,21,25). The fraction of sp³-hybridized carbons (Fsp3) is 0.450. The van der Waals surface area contributed by atoms with E-state index in [1.807, 2.05) is 44.2 Å². The molecule has 0 saturated carbocycles. The summed E-state index contributed by atoms with van der Waals surface area (Å²) in [7, 11) is 0. The first-order valence-electron chi connectivity index (χ1n) is 9.18. The van der Waals surface area contributed by atoms with Gasteiger partial charge in [0.05, 0.1) is 6.10 Å². The van der Waals surface area contributed by atoms with E-state index < -0.39 is 0 Å². The predicted molar refractivity (Wildman–Crippen MR) is 103 cm³/mol. The molecule has 3 rings (SSSR count). The average molecular weight is 354 g/mol. The molecule has 0 aliphatic carbocycles. The van der Waals surface area contributed by atoms with Gasteiger partial charge in [-0.25, -0.2) is 0 Å². The van der Waals surface area contributed by atoms with Crippen LogP contribution in [-0.4, -0.2) is 35.3 Å². The maximum Gasteiger partial charge on any atom is 0.276 e. The van der Waals surface area contributed by atoms with E-state index in [9.17, 15) is 4.79 Å². The van der Waals surface area contributed by atoms with Crippen molar-refractivity contribution < 1.29 is 9.53 Å². The normalized spacial score (nSPS) is 15.2. The quantitative estimate of drug-likeness (QED) is 0.886. The molecule has 1 amide bonds. The Hall–Kier alpha value is -2.63. The van der Waals surface area contributed by atoms with Crippen molar-refractivity contribution in [2.24, 2.45) is 5.92 Å². The number of piperidine rings is 1. The Bertz CT molecular complexity index is 720. The van der Waals surface area contributed by atoms with Gasteiger partial charge in [0.2, 0.25) is 0 Å². The van der Waals surface area contributed by atoms with Gasteiger partial charge < -0.3 is 15.0 Å². The minimum absolute atomic E-state index is 0.118. The van der Waals surface area contributed by atoms with Crippen LogP contribution >= 0.6 is 0 Å². The van der Waals surface area contributed by atoms with Crippen LogP contribution in [0.1, 0.15) is 44.1 Å². The van der Waals surface area contributed by atoms with Gasteiger partial charge >= 0.3 is 0 Å². The third-order valence-corrected chi connectivity index (χ3v) is 4.47. The van der Waals surface area contributed by atoms with Crippen molar-refractivity contribution in [1.82, 2.24) is 10.2 Å². The van der Waals surface area contributed by atoms with Crippen molar-refractivity contribution in [1.29, 1.82) is 0 Å². The van der Waals surface area contributed by atoms with Gasteiger partial charge in [-0.1, -0.05) is 6.92 Å². The van der Waals surface area contributed by atoms with Gasteiger partial charge in [-0.05, 0) is 69.0 Å². The fourth-order valence-electron chi connectivity index (χ4n) is 2.94. The van der Waals surface area contributed by atoms with Gasteiger partial charge in [-0.15, -0.1) is 10.2 Å². The van der Waals surface area contributed by atoms with Crippen molar-refractivity contribution in [2.45, 2.75) is 39.7 Å². The lowest BCUT2D eigenvalue weighted by atomic mass is 9.99. The second kappa shape index (κ2) is 8.17. The van der Waals surface area contributed by atoms with Gasteiger partial charge in [-0.2, -0.15) is 0 Å². The highest BCUT2D eigenvalue weighted by molar-refractivity contribution is 6.02. The van der Waals surface area contributed by atoms with Crippen molar-refractivity contribution >= 4 is 17.4 Å². The number of hydrogen-bond acceptors (Lipinski definition) is 5. The number of carbonyl (C=O) groups is 1. The molecule has 2 heterocycles. The first-order chi connectivity index (χ1) is 12.5. The number of ether oxygens (including phenoxy) is 1. The molecule has 26 heavy (non-hydrogen) atoms. The lowest BCUT2D eigenvalue weighted by Crippen LogP contribution is -2.33. The summed E-state index contributed by atoms with van der Waals surface area (Å²) in [5.41, 5.74) is 1.00. The number of aromatic nitrogens is 2. The Morgan fingerprint density at radius 2 is 1.81 bits per heavy atom. The highest BCUT2D eigenvalue weighted by Gasteiger charge is 2.18. The fourth-order valence-corrected chi connectivity index (χ4v) is 2.94. The highest BCUT2D eigenvalue weighted by atomic mass is 16.5. The van der Waals surface area contributed by atoms with Crippen LogP contribution in [0.5, 0.6) is 5.75 Å². The van der Waals surface area contributed by atoms with E-state index in [0.717, 1.165) is 30.6 Å². The largest absolute Gasteiger partial charge is 0.491 e. The Labute approximate surface area is 154 Å². The number of nitrogens with zero attached hydrogens (tertiary/aromatic N) is 3. The maximum absolute atomic E-state index is 12.3. The minimum Gasteiger partial charge on any atom is -0.491 e. The van der Waals surface area contributed by atoms with Gasteiger partial charge in [0, 0.05) is 18.8 Å². The molecular formula is C20H26N4O2. The summed E-state index contributed by atoms with van der Waals surface area (Å²) in [6.45, 7) is 8.21. The molecule has 1 N–H and O–H groups in total. The average Bonchev–Trinajstić information content (AvgIpc) is 2.64. The molecule has 1 fully saturated rings. The zero-order valence-corrected chi connectivity index (χ0v) is 15.6. The van der Waals surface area contributed by atoms with Crippen LogP contribution < -0.4 is 15.0 Å². The van der Waals surface area contributed by atoms with Crippen LogP contribution in [0, 0.1) is 5.92 Å². The van der Waals surface area contributed by atoms with Crippen LogP contribution in [0.2, 0.25) is 0 Å². The number of rotatable bonds is 5. The number of anilines is 2. The molecular weight excluding hydrogens is 328 g/mol. The van der Waals surface area contributed by atoms with E-state index in [2.05, 4.69) is 27.3 Å². The van der Waals surface area contributed by atoms with Gasteiger partial charge in [0.25, 0.3) is 5.91 Å². The van der Waals surface area contributed by atoms with E-state index in [4.69, 9.17) is 4.74 Å². The minimum atomic E-state index is -0.270. The zero-order valence-electron chi connectivity index (χ0n) is 15.6. The summed E-state index contributed by atoms with van der Waals surface area (Å²) in [5.74, 6) is 2.11. The van der Waals surface area contributed by atoms with Crippen molar-refractivity contribution in [3.8, 4) is 5.75 Å². The zero-order chi connectivity index (χ0) is 18.5. The molecule has 1 aromatic heterocycles. The summed E-state index contributed by atoms with van der Waals surface area (Å²) < 4.78 is 5.60. The number of nitrogens with one attached hydrogen (secondary N) is 1. The van der Waals surface area contributed by atoms with E-state index >= 15 is 0 Å². The third-order valence-electron chi connectivity index (χ3n) is 4.47. The van der Waals surface area contributed by atoms with E-state index in [0.29, 0.717) is 11.4 Å². The molecule has 6 nitrogen and oxygen atoms in total. The Balaban J connectivity index is 1.59. The van der Waals surface area contributed by atoms with Gasteiger partial charge in [0.15, 0.2) is 11.5 Å². The molecule has 0 unspecified atom stereocenters. The van der Waals surface area contributed by atoms with Gasteiger partial charge in [0.1, 0.15) is 5.75 Å². The Morgan fingerprint density at radius 1 is 1.12 bits per heavy atom. The molecule has 0 bridgehead atoms. The molecule has 1 aliphatic rings. The lowest BCUT2D eigenvalue weighted by Gasteiger charge is -2.30. The van der Waals surface area contributed by atoms with Crippen LogP contribution in [0.3, 0.4) is 0 Å². The number of carbonyl (C=O) groups excluding carboxylic acids is 1. The van der Waals surface area contributed by atoms with Crippen molar-refractivity contribution in [3.05, 3.63) is 42.1 Å². The maximum atomic E-state index is 12.3. The summed E-state index contributed by atoms with van der Waals surface area (Å²) in [5, 5.41) is 11.2. The first kappa shape index (κ1) is 18.2. The highest BCUT2D eigenvalue weighted by Crippen LogP contribution is 2.21. The number of benzene rings is 1. The van der Waals surface area contributed by atoms with Crippen LogP contribution in [0.15, 0.2) is 36.4 Å². The van der Waals surface area contributed by atoms with Gasteiger partial charge in [-0.3, -0.25) is 4.79 Å². The van der Waals surface area contributed by atoms with E-state index in [1.54, 1.807) is 6.07 Å². The lowest BCUT2D eigenvalue weighted by molar-refractivity contribution is 0.102. The Kier molecular flexibility index (Phi) is 5.71. The molecule has 138 valence electrons. The van der Waals surface area contributed by atoms with Crippen LogP contribution in [-0.2, 0) is 0 Å². The van der Waals surface area contributed by atoms with Crippen LogP contribution in [0.25, 0.3) is 0 Å². The molecule has 1 aliphatic heterocycles. The molecule has 6 heteroatoms. The van der Waals surface area contributed by atoms with Crippen LogP contribution in [0.4, 0.5) is 11.5 Å². The predicted octanol–water partition coefficient (Wildman–Crippen LogP) is 3.75. The van der Waals surface area contributed by atoms with Crippen molar-refractivity contribution in [2.75, 3.05) is 23.3 Å². The second-order valence-electron chi connectivity index (χ2n) is 7.09. The van der Waals surface area contributed by atoms with E-state index in [1.165, 1.54) is 12.8 Å². The second-order valence-corrected chi connectivity index (χ2v) is 7.09. The molecule has 2 aromatic rings. The van der Waals surface area contributed by atoms with E-state index in [-0.39, 0.29) is 12.0 Å². The SMILES string of the molecule is CC1CCN(c2ccc(C(=O)Nc3ccc(OC(C)C)cc3)nn2)CC1. The smallest absolute Gasteiger partial charge is 0.276 e. The molecule has 1 saturated heterocycles. The molecule has 1 aromatic carbocycles. The molecule has 0 atom stereocenters. The summed E-state index contributed by atoms with van der Waals surface area (Å²) in [6.07, 6.45) is 2.45. The number of hydrogen-bond donors (Lipinski definition) is 1. The van der Waals surface area contributed by atoms with Crippen molar-refractivity contribution in [3.63, 3.8) is 0 Å². The summed E-state index contributed by atoms with van der Waals surface area (Å²) in [4.78, 5) is 14.6. The Morgan fingerprint density at radius 3 is 2.38 bits per heavy atom. The topological polar surface area (TPSA) is 67.4 Å². The molecule has 0 radical (unpaired) electrons. The first-order valence-corrected chi connectivity index (χ1v) is 9.18. The monoisotopic (exact) mass is 354 g/mol. The summed E-state index contributed by atoms with van der Waals surface area (Å²) in [6, 6.07) is 10.9. The number of amides is 1. The summed E-state index contributed by atoms with van der Waals surface area (Å²) >= 11 is 0.